The van der Waals surface area contributed by atoms with Crippen molar-refractivity contribution in [2.75, 3.05) is 5.32 Å². The molecular weight excluding hydrogens is 359 g/mol. The third-order valence-electron chi connectivity index (χ3n) is 2.90. The maximum atomic E-state index is 13.3. The monoisotopic (exact) mass is 366 g/mol. The minimum atomic E-state index is -0.536. The minimum absolute atomic E-state index is 0.144. The van der Waals surface area contributed by atoms with E-state index in [1.807, 2.05) is 24.3 Å². The number of hydrogen-bond acceptors (Lipinski definition) is 4. The molecule has 0 saturated heterocycles. The van der Waals surface area contributed by atoms with Crippen LogP contribution in [0.2, 0.25) is 0 Å². The van der Waals surface area contributed by atoms with Gasteiger partial charge in [-0.25, -0.2) is 4.39 Å². The number of halogens is 2. The van der Waals surface area contributed by atoms with Crippen molar-refractivity contribution in [3.63, 3.8) is 0 Å². The second-order valence-electron chi connectivity index (χ2n) is 4.34. The molecule has 3 rings (SSSR count). The Morgan fingerprint density at radius 2 is 2.00 bits per heavy atom. The van der Waals surface area contributed by atoms with Crippen LogP contribution in [-0.4, -0.2) is 4.92 Å². The predicted molar refractivity (Wildman–Crippen MR) is 85.9 cm³/mol. The van der Waals surface area contributed by atoms with E-state index in [2.05, 4.69) is 21.2 Å². The van der Waals surface area contributed by atoms with Gasteiger partial charge in [0, 0.05) is 21.3 Å². The van der Waals surface area contributed by atoms with Gasteiger partial charge in [0.1, 0.15) is 11.5 Å². The molecule has 0 unspecified atom stereocenters. The molecule has 21 heavy (non-hydrogen) atoms. The molecule has 1 N–H and O–H groups in total. The van der Waals surface area contributed by atoms with Crippen LogP contribution >= 0.6 is 27.3 Å². The van der Waals surface area contributed by atoms with Crippen molar-refractivity contribution in [2.24, 2.45) is 0 Å². The summed E-state index contributed by atoms with van der Waals surface area (Å²) in [6.45, 7) is 0. The smallest absolute Gasteiger partial charge is 0.292 e. The summed E-state index contributed by atoms with van der Waals surface area (Å²) in [6.07, 6.45) is 0. The van der Waals surface area contributed by atoms with Gasteiger partial charge < -0.3 is 5.32 Å². The lowest BCUT2D eigenvalue weighted by Crippen LogP contribution is -1.96. The highest BCUT2D eigenvalue weighted by Crippen LogP contribution is 2.36. The fourth-order valence-corrected chi connectivity index (χ4v) is 3.49. The van der Waals surface area contributed by atoms with Gasteiger partial charge in [-0.1, -0.05) is 22.0 Å². The summed E-state index contributed by atoms with van der Waals surface area (Å²) in [5, 5.41) is 15.6. The lowest BCUT2D eigenvalue weighted by Gasteiger charge is -2.04. The van der Waals surface area contributed by atoms with E-state index in [9.17, 15) is 14.5 Å². The van der Waals surface area contributed by atoms with E-state index < -0.39 is 10.7 Å². The Morgan fingerprint density at radius 1 is 1.19 bits per heavy atom. The first kappa shape index (κ1) is 14.0. The van der Waals surface area contributed by atoms with E-state index in [4.69, 9.17) is 0 Å². The summed E-state index contributed by atoms with van der Waals surface area (Å²) < 4.78 is 15.3. The van der Waals surface area contributed by atoms with Gasteiger partial charge in [-0.15, -0.1) is 11.3 Å². The Labute approximate surface area is 131 Å². The fourth-order valence-electron chi connectivity index (χ4n) is 1.97. The SMILES string of the molecule is O=[N+]([O-])c1ccc(F)cc1Nc1cc2ccc(Br)cc2s1. The quantitative estimate of drug-likeness (QED) is 0.494. The minimum Gasteiger partial charge on any atom is -0.342 e. The Hall–Kier alpha value is -1.99. The molecule has 0 fully saturated rings. The zero-order valence-electron chi connectivity index (χ0n) is 10.5. The van der Waals surface area contributed by atoms with Crippen molar-refractivity contribution in [1.29, 1.82) is 0 Å². The first-order valence-corrected chi connectivity index (χ1v) is 7.54. The fraction of sp³-hybridized carbons (Fsp3) is 0. The third-order valence-corrected chi connectivity index (χ3v) is 4.40. The maximum absolute atomic E-state index is 13.3. The van der Waals surface area contributed by atoms with Crippen LogP contribution in [0.25, 0.3) is 10.1 Å². The zero-order valence-corrected chi connectivity index (χ0v) is 12.9. The van der Waals surface area contributed by atoms with E-state index in [1.165, 1.54) is 11.3 Å². The van der Waals surface area contributed by atoms with Gasteiger partial charge >= 0.3 is 0 Å². The average Bonchev–Trinajstić information content (AvgIpc) is 2.79. The number of rotatable bonds is 3. The normalized spacial score (nSPS) is 10.8. The first-order valence-electron chi connectivity index (χ1n) is 5.93. The van der Waals surface area contributed by atoms with Crippen LogP contribution in [0, 0.1) is 15.9 Å². The summed E-state index contributed by atoms with van der Waals surface area (Å²) in [5.74, 6) is -0.521. The zero-order chi connectivity index (χ0) is 15.0. The van der Waals surface area contributed by atoms with Crippen molar-refractivity contribution >= 4 is 53.7 Å². The van der Waals surface area contributed by atoms with Crippen molar-refractivity contribution in [2.45, 2.75) is 0 Å². The molecular formula is C14H8BrFN2O2S. The maximum Gasteiger partial charge on any atom is 0.292 e. The second-order valence-corrected chi connectivity index (χ2v) is 6.34. The first-order chi connectivity index (χ1) is 10.0. The van der Waals surface area contributed by atoms with E-state index in [-0.39, 0.29) is 11.4 Å². The van der Waals surface area contributed by atoms with Gasteiger partial charge in [-0.3, -0.25) is 10.1 Å². The van der Waals surface area contributed by atoms with Crippen LogP contribution < -0.4 is 5.32 Å². The molecule has 0 aliphatic rings. The summed E-state index contributed by atoms with van der Waals surface area (Å²) in [4.78, 5) is 10.4. The van der Waals surface area contributed by atoms with Gasteiger partial charge in [0.05, 0.1) is 9.92 Å². The highest BCUT2D eigenvalue weighted by molar-refractivity contribution is 9.10. The van der Waals surface area contributed by atoms with Crippen LogP contribution in [0.1, 0.15) is 0 Å². The van der Waals surface area contributed by atoms with Gasteiger partial charge in [0.2, 0.25) is 0 Å². The number of anilines is 2. The van der Waals surface area contributed by atoms with E-state index >= 15 is 0 Å². The molecule has 3 aromatic rings. The van der Waals surface area contributed by atoms with Gasteiger partial charge in [-0.05, 0) is 29.7 Å². The van der Waals surface area contributed by atoms with Gasteiger partial charge in [-0.2, -0.15) is 0 Å². The van der Waals surface area contributed by atoms with Crippen molar-refractivity contribution in [3.05, 3.63) is 62.9 Å². The molecule has 4 nitrogen and oxygen atoms in total. The number of nitrogens with zero attached hydrogens (tertiary/aromatic N) is 1. The number of nitro groups is 1. The van der Waals surface area contributed by atoms with Crippen LogP contribution in [0.5, 0.6) is 0 Å². The number of nitro benzene ring substituents is 1. The molecule has 1 aromatic heterocycles. The highest BCUT2D eigenvalue weighted by atomic mass is 79.9. The third kappa shape index (κ3) is 2.88. The topological polar surface area (TPSA) is 55.2 Å². The molecule has 0 saturated carbocycles. The Morgan fingerprint density at radius 3 is 2.76 bits per heavy atom. The van der Waals surface area contributed by atoms with Gasteiger partial charge in [0.15, 0.2) is 0 Å². The lowest BCUT2D eigenvalue weighted by atomic mass is 10.2. The molecule has 7 heteroatoms. The molecule has 0 radical (unpaired) electrons. The number of fused-ring (bicyclic) bond motifs is 1. The number of hydrogen-bond donors (Lipinski definition) is 1. The van der Waals surface area contributed by atoms with Crippen LogP contribution in [0.3, 0.4) is 0 Å². The van der Waals surface area contributed by atoms with Crippen molar-refractivity contribution < 1.29 is 9.31 Å². The Balaban J connectivity index is 2.02. The van der Waals surface area contributed by atoms with Crippen LogP contribution in [0.4, 0.5) is 20.8 Å². The molecule has 0 bridgehead atoms. The molecule has 2 aromatic carbocycles. The molecule has 0 amide bonds. The Kier molecular flexibility index (Phi) is 3.60. The van der Waals surface area contributed by atoms with Gasteiger partial charge in [0.25, 0.3) is 5.69 Å². The average molecular weight is 367 g/mol. The molecule has 0 aliphatic carbocycles. The molecule has 0 spiro atoms. The number of thiophene rings is 1. The van der Waals surface area contributed by atoms with Crippen LogP contribution in [0.15, 0.2) is 46.9 Å². The summed E-state index contributed by atoms with van der Waals surface area (Å²) in [6, 6.07) is 11.1. The van der Waals surface area contributed by atoms with E-state index in [0.717, 1.165) is 37.8 Å². The van der Waals surface area contributed by atoms with Crippen LogP contribution in [-0.2, 0) is 0 Å². The predicted octanol–water partition coefficient (Wildman–Crippen LogP) is 5.45. The molecule has 106 valence electrons. The number of nitrogens with one attached hydrogen (secondary N) is 1. The second kappa shape index (κ2) is 5.42. The van der Waals surface area contributed by atoms with Crippen molar-refractivity contribution in [1.82, 2.24) is 0 Å². The molecule has 1 heterocycles. The van der Waals surface area contributed by atoms with E-state index in [0.29, 0.717) is 0 Å². The largest absolute Gasteiger partial charge is 0.342 e. The summed E-state index contributed by atoms with van der Waals surface area (Å²) in [5.41, 5.74) is -0.0133. The molecule has 0 atom stereocenters. The highest BCUT2D eigenvalue weighted by Gasteiger charge is 2.15. The summed E-state index contributed by atoms with van der Waals surface area (Å²) in [7, 11) is 0. The standard InChI is InChI=1S/C14H8BrFN2O2S/c15-9-2-1-8-5-14(21-13(8)6-9)17-11-7-10(16)3-4-12(11)18(19)20/h1-7,17H. The Bertz CT molecular complexity index is 850. The van der Waals surface area contributed by atoms with Crippen molar-refractivity contribution in [3.8, 4) is 0 Å². The number of benzene rings is 2. The lowest BCUT2D eigenvalue weighted by molar-refractivity contribution is -0.384. The van der Waals surface area contributed by atoms with E-state index in [1.54, 1.807) is 0 Å². The molecule has 0 aliphatic heterocycles. The summed E-state index contributed by atoms with van der Waals surface area (Å²) >= 11 is 4.84.